The van der Waals surface area contributed by atoms with Crippen LogP contribution in [0.25, 0.3) is 16.9 Å². The fraction of sp³-hybridized carbons (Fsp3) is 0.143. The molecule has 0 aliphatic carbocycles. The molecule has 0 atom stereocenters. The molecular weight excluding hydrogens is 352 g/mol. The normalized spacial score (nSPS) is 10.8. The smallest absolute Gasteiger partial charge is 0.308 e. The molecule has 0 fully saturated rings. The molecule has 28 heavy (non-hydrogen) atoms. The van der Waals surface area contributed by atoms with Crippen molar-refractivity contribution in [1.29, 1.82) is 0 Å². The zero-order valence-corrected chi connectivity index (χ0v) is 15.7. The van der Waals surface area contributed by atoms with Gasteiger partial charge in [0, 0.05) is 16.9 Å². The van der Waals surface area contributed by atoms with Crippen LogP contribution >= 0.6 is 0 Å². The predicted molar refractivity (Wildman–Crippen MR) is 109 cm³/mol. The zero-order valence-electron chi connectivity index (χ0n) is 15.7. The van der Waals surface area contributed by atoms with E-state index in [4.69, 9.17) is 0 Å². The lowest BCUT2D eigenvalue weighted by Gasteiger charge is -2.09. The van der Waals surface area contributed by atoms with Gasteiger partial charge >= 0.3 is 6.03 Å². The molecule has 140 valence electrons. The molecule has 0 radical (unpaired) electrons. The van der Waals surface area contributed by atoms with E-state index in [9.17, 15) is 4.79 Å². The summed E-state index contributed by atoms with van der Waals surface area (Å²) in [7, 11) is 0. The Morgan fingerprint density at radius 3 is 2.54 bits per heavy atom. The Hall–Kier alpha value is -3.74. The Morgan fingerprint density at radius 2 is 1.75 bits per heavy atom. The van der Waals surface area contributed by atoms with Crippen molar-refractivity contribution < 1.29 is 4.79 Å². The maximum atomic E-state index is 12.3. The van der Waals surface area contributed by atoms with E-state index in [1.165, 1.54) is 5.56 Å². The third-order valence-electron chi connectivity index (χ3n) is 4.45. The molecule has 2 N–H and O–H groups in total. The second-order valence-corrected chi connectivity index (χ2v) is 6.45. The van der Waals surface area contributed by atoms with E-state index < -0.39 is 0 Å². The van der Waals surface area contributed by atoms with Gasteiger partial charge in [-0.15, -0.1) is 10.2 Å². The molecule has 4 rings (SSSR count). The van der Waals surface area contributed by atoms with Crippen LogP contribution in [0.3, 0.4) is 0 Å². The number of hydrogen-bond donors (Lipinski definition) is 2. The van der Waals surface area contributed by atoms with Crippen molar-refractivity contribution in [2.45, 2.75) is 20.3 Å². The van der Waals surface area contributed by atoms with Gasteiger partial charge in [-0.1, -0.05) is 31.2 Å². The van der Waals surface area contributed by atoms with E-state index in [1.54, 1.807) is 4.52 Å². The topological polar surface area (TPSA) is 84.2 Å². The van der Waals surface area contributed by atoms with Crippen molar-refractivity contribution >= 4 is 23.1 Å². The zero-order chi connectivity index (χ0) is 19.5. The number of amides is 2. The summed E-state index contributed by atoms with van der Waals surface area (Å²) in [5, 5.41) is 18.3. The lowest BCUT2D eigenvalue weighted by Crippen LogP contribution is -2.19. The molecule has 0 unspecified atom stereocenters. The van der Waals surface area contributed by atoms with Crippen molar-refractivity contribution in [1.82, 2.24) is 19.8 Å². The number of fused-ring (bicyclic) bond motifs is 1. The van der Waals surface area contributed by atoms with Crippen molar-refractivity contribution in [3.8, 4) is 11.3 Å². The average molecular weight is 372 g/mol. The molecule has 2 heterocycles. The number of aryl methyl sites for hydroxylation is 2. The van der Waals surface area contributed by atoms with Crippen molar-refractivity contribution in [2.75, 3.05) is 10.6 Å². The number of aromatic nitrogens is 4. The highest BCUT2D eigenvalue weighted by Gasteiger charge is 2.08. The van der Waals surface area contributed by atoms with E-state index >= 15 is 0 Å². The summed E-state index contributed by atoms with van der Waals surface area (Å²) in [6.45, 7) is 3.95. The van der Waals surface area contributed by atoms with E-state index in [-0.39, 0.29) is 6.03 Å². The fourth-order valence-corrected chi connectivity index (χ4v) is 2.92. The first-order valence-corrected chi connectivity index (χ1v) is 9.09. The first-order chi connectivity index (χ1) is 13.6. The number of anilines is 2. The summed E-state index contributed by atoms with van der Waals surface area (Å²) in [6, 6.07) is 18.8. The van der Waals surface area contributed by atoms with Gasteiger partial charge in [-0.2, -0.15) is 9.61 Å². The largest absolute Gasteiger partial charge is 0.323 e. The Morgan fingerprint density at radius 1 is 0.964 bits per heavy atom. The number of rotatable bonds is 4. The van der Waals surface area contributed by atoms with Gasteiger partial charge in [0.1, 0.15) is 0 Å². The van der Waals surface area contributed by atoms with Crippen LogP contribution in [0.1, 0.15) is 18.3 Å². The summed E-state index contributed by atoms with van der Waals surface area (Å²) < 4.78 is 1.70. The van der Waals surface area contributed by atoms with Crippen LogP contribution in [0.2, 0.25) is 0 Å². The quantitative estimate of drug-likeness (QED) is 0.559. The number of carbonyl (C=O) groups is 1. The fourth-order valence-electron chi connectivity index (χ4n) is 2.92. The van der Waals surface area contributed by atoms with Crippen molar-refractivity contribution in [3.63, 3.8) is 0 Å². The molecule has 0 bridgehead atoms. The highest BCUT2D eigenvalue weighted by molar-refractivity contribution is 6.00. The standard InChI is InChI=1S/C21H20N6O/c1-3-15-7-9-17(10-8-15)22-21(28)23-18-6-4-5-16(13-18)19-11-12-20-25-24-14(2)27(20)26-19/h4-13H,3H2,1-2H3,(H2,22,23,28). The molecule has 0 spiro atoms. The van der Waals surface area contributed by atoms with Crippen molar-refractivity contribution in [3.05, 3.63) is 72.1 Å². The van der Waals surface area contributed by atoms with Crippen LogP contribution in [-0.4, -0.2) is 25.8 Å². The van der Waals surface area contributed by atoms with E-state index in [0.717, 1.165) is 29.2 Å². The molecule has 0 aliphatic heterocycles. The highest BCUT2D eigenvalue weighted by atomic mass is 16.2. The summed E-state index contributed by atoms with van der Waals surface area (Å²) in [5.74, 6) is 0.722. The van der Waals surface area contributed by atoms with Crippen LogP contribution < -0.4 is 10.6 Å². The molecule has 4 aromatic rings. The summed E-state index contributed by atoms with van der Waals surface area (Å²) in [6.07, 6.45) is 0.966. The minimum absolute atomic E-state index is 0.292. The summed E-state index contributed by atoms with van der Waals surface area (Å²) in [4.78, 5) is 12.3. The van der Waals surface area contributed by atoms with Gasteiger partial charge in [0.2, 0.25) is 0 Å². The molecule has 2 amide bonds. The van der Waals surface area contributed by atoms with Gasteiger partial charge in [0.05, 0.1) is 5.69 Å². The van der Waals surface area contributed by atoms with Gasteiger partial charge in [-0.25, -0.2) is 4.79 Å². The van der Waals surface area contributed by atoms with Crippen LogP contribution in [-0.2, 0) is 6.42 Å². The molecule has 2 aromatic heterocycles. The van der Waals surface area contributed by atoms with E-state index in [0.29, 0.717) is 11.3 Å². The first kappa shape index (κ1) is 17.7. The molecule has 7 heteroatoms. The molecule has 0 saturated heterocycles. The lowest BCUT2D eigenvalue weighted by atomic mass is 10.1. The van der Waals surface area contributed by atoms with E-state index in [2.05, 4.69) is 32.9 Å². The number of urea groups is 1. The van der Waals surface area contributed by atoms with Gasteiger partial charge in [0.15, 0.2) is 11.5 Å². The SMILES string of the molecule is CCc1ccc(NC(=O)Nc2cccc(-c3ccc4nnc(C)n4n3)c2)cc1. The minimum Gasteiger partial charge on any atom is -0.308 e. The van der Waals surface area contributed by atoms with Gasteiger partial charge in [-0.05, 0) is 55.3 Å². The summed E-state index contributed by atoms with van der Waals surface area (Å²) >= 11 is 0. The number of nitrogens with one attached hydrogen (secondary N) is 2. The van der Waals surface area contributed by atoms with Crippen LogP contribution in [0.5, 0.6) is 0 Å². The lowest BCUT2D eigenvalue weighted by molar-refractivity contribution is 0.262. The Labute approximate surface area is 162 Å². The van der Waals surface area contributed by atoms with Gasteiger partial charge < -0.3 is 10.6 Å². The van der Waals surface area contributed by atoms with Gasteiger partial charge in [-0.3, -0.25) is 0 Å². The third kappa shape index (κ3) is 3.68. The molecule has 2 aromatic carbocycles. The highest BCUT2D eigenvalue weighted by Crippen LogP contribution is 2.21. The maximum Gasteiger partial charge on any atom is 0.323 e. The van der Waals surface area contributed by atoms with Crippen LogP contribution in [0.15, 0.2) is 60.7 Å². The number of hydrogen-bond acceptors (Lipinski definition) is 4. The second-order valence-electron chi connectivity index (χ2n) is 6.45. The Kier molecular flexibility index (Phi) is 4.72. The number of carbonyl (C=O) groups excluding carboxylic acids is 1. The van der Waals surface area contributed by atoms with Crippen LogP contribution in [0, 0.1) is 6.92 Å². The monoisotopic (exact) mass is 372 g/mol. The average Bonchev–Trinajstić information content (AvgIpc) is 3.09. The third-order valence-corrected chi connectivity index (χ3v) is 4.45. The minimum atomic E-state index is -0.292. The molecule has 0 aliphatic rings. The number of nitrogens with zero attached hydrogens (tertiary/aromatic N) is 4. The second kappa shape index (κ2) is 7.48. The predicted octanol–water partition coefficient (Wildman–Crippen LogP) is 4.31. The van der Waals surface area contributed by atoms with Crippen molar-refractivity contribution in [2.24, 2.45) is 0 Å². The molecular formula is C21H20N6O. The van der Waals surface area contributed by atoms with Gasteiger partial charge in [0.25, 0.3) is 0 Å². The van der Waals surface area contributed by atoms with Crippen LogP contribution in [0.4, 0.5) is 16.2 Å². The number of benzene rings is 2. The Bertz CT molecular complexity index is 1130. The molecule has 0 saturated carbocycles. The summed E-state index contributed by atoms with van der Waals surface area (Å²) in [5.41, 5.74) is 5.02. The first-order valence-electron chi connectivity index (χ1n) is 9.09. The molecule has 7 nitrogen and oxygen atoms in total. The maximum absolute atomic E-state index is 12.3. The Balaban J connectivity index is 1.50. The van der Waals surface area contributed by atoms with E-state index in [1.807, 2.05) is 67.6 Å².